The summed E-state index contributed by atoms with van der Waals surface area (Å²) in [5.41, 5.74) is -1.67. The van der Waals surface area contributed by atoms with Crippen molar-refractivity contribution >= 4 is 28.4 Å². The zero-order valence-electron chi connectivity index (χ0n) is 7.94. The van der Waals surface area contributed by atoms with Gasteiger partial charge in [0, 0.05) is 16.4 Å². The lowest BCUT2D eigenvalue weighted by molar-refractivity contribution is -0.138. The molecule has 0 N–H and O–H groups in total. The van der Waals surface area contributed by atoms with E-state index in [4.69, 9.17) is 0 Å². The molecule has 0 unspecified atom stereocenters. The van der Waals surface area contributed by atoms with Crippen LogP contribution in [-0.4, -0.2) is 10.2 Å². The molecule has 0 aliphatic rings. The maximum Gasteiger partial charge on any atom is 0.417 e. The molecule has 0 saturated carbocycles. The molecule has 0 fully saturated rings. The van der Waals surface area contributed by atoms with Crippen LogP contribution in [0.15, 0.2) is 18.2 Å². The highest BCUT2D eigenvalue weighted by Crippen LogP contribution is 2.33. The summed E-state index contributed by atoms with van der Waals surface area (Å²) in [7, 11) is 0. The van der Waals surface area contributed by atoms with Gasteiger partial charge in [0.25, 0.3) is 0 Å². The largest absolute Gasteiger partial charge is 0.417 e. The summed E-state index contributed by atoms with van der Waals surface area (Å²) in [6, 6.07) is 2.09. The molecule has 1 nitrogen and oxygen atoms in total. The maximum absolute atomic E-state index is 12.7. The molecule has 88 valence electrons. The van der Waals surface area contributed by atoms with Crippen LogP contribution >= 0.6 is 22.6 Å². The van der Waals surface area contributed by atoms with Gasteiger partial charge in [0.15, 0.2) is 5.78 Å². The Labute approximate surface area is 103 Å². The van der Waals surface area contributed by atoms with Gasteiger partial charge in [0.2, 0.25) is 0 Å². The molecule has 1 aromatic carbocycles. The van der Waals surface area contributed by atoms with Crippen LogP contribution in [0, 0.1) is 5.82 Å². The molecule has 0 radical (unpaired) electrons. The number of ketones is 1. The minimum atomic E-state index is -4.71. The van der Waals surface area contributed by atoms with Gasteiger partial charge in [-0.1, -0.05) is 22.6 Å². The molecule has 1 aromatic rings. The van der Waals surface area contributed by atoms with Crippen LogP contribution in [0.25, 0.3) is 0 Å². The highest BCUT2D eigenvalue weighted by Gasteiger charge is 2.35. The lowest BCUT2D eigenvalue weighted by Crippen LogP contribution is -2.13. The van der Waals surface area contributed by atoms with E-state index in [0.717, 1.165) is 12.1 Å². The van der Waals surface area contributed by atoms with E-state index in [0.29, 0.717) is 10.5 Å². The molecule has 0 aliphatic heterocycles. The van der Waals surface area contributed by atoms with E-state index in [1.54, 1.807) is 0 Å². The lowest BCUT2D eigenvalue weighted by atomic mass is 10.0. The van der Waals surface area contributed by atoms with Crippen LogP contribution in [0.4, 0.5) is 17.6 Å². The van der Waals surface area contributed by atoms with Gasteiger partial charge in [0.1, 0.15) is 5.82 Å². The highest BCUT2D eigenvalue weighted by atomic mass is 127. The standard InChI is InChI=1S/C10H7F4IO/c11-6-1-2-7(9(16)3-4-15)8(5-6)10(12,13)14/h1-2,5H,3-4H2. The lowest BCUT2D eigenvalue weighted by Gasteiger charge is -2.11. The molecular formula is C10H7F4IO. The van der Waals surface area contributed by atoms with E-state index < -0.39 is 28.9 Å². The Morgan fingerprint density at radius 1 is 1.31 bits per heavy atom. The van der Waals surface area contributed by atoms with Crippen molar-refractivity contribution in [3.05, 3.63) is 35.1 Å². The first-order chi connectivity index (χ1) is 7.36. The summed E-state index contributed by atoms with van der Waals surface area (Å²) in [5, 5.41) is 0. The Kier molecular flexibility index (Phi) is 4.28. The van der Waals surface area contributed by atoms with Crippen molar-refractivity contribution < 1.29 is 22.4 Å². The van der Waals surface area contributed by atoms with E-state index in [-0.39, 0.29) is 6.42 Å². The smallest absolute Gasteiger partial charge is 0.294 e. The molecule has 0 bridgehead atoms. The predicted molar refractivity (Wildman–Crippen MR) is 59.2 cm³/mol. The van der Waals surface area contributed by atoms with Gasteiger partial charge in [-0.15, -0.1) is 0 Å². The zero-order valence-corrected chi connectivity index (χ0v) is 10.1. The van der Waals surface area contributed by atoms with Gasteiger partial charge in [-0.2, -0.15) is 13.2 Å². The molecule has 6 heteroatoms. The first-order valence-corrected chi connectivity index (χ1v) is 5.84. The third kappa shape index (κ3) is 3.16. The van der Waals surface area contributed by atoms with Crippen LogP contribution in [0.5, 0.6) is 0 Å². The third-order valence-corrected chi connectivity index (χ3v) is 2.45. The number of alkyl halides is 4. The van der Waals surface area contributed by atoms with Crippen molar-refractivity contribution in [3.63, 3.8) is 0 Å². The quantitative estimate of drug-likeness (QED) is 0.352. The number of carbonyl (C=O) groups excluding carboxylic acids is 1. The minimum absolute atomic E-state index is 0.00920. The molecule has 0 heterocycles. The fourth-order valence-corrected chi connectivity index (χ4v) is 1.70. The monoisotopic (exact) mass is 346 g/mol. The molecule has 0 spiro atoms. The minimum Gasteiger partial charge on any atom is -0.294 e. The second-order valence-electron chi connectivity index (χ2n) is 3.05. The second kappa shape index (κ2) is 5.11. The normalized spacial score (nSPS) is 11.6. The van der Waals surface area contributed by atoms with Crippen LogP contribution in [0.3, 0.4) is 0 Å². The molecule has 0 amide bonds. The van der Waals surface area contributed by atoms with Gasteiger partial charge < -0.3 is 0 Å². The van der Waals surface area contributed by atoms with Gasteiger partial charge in [-0.25, -0.2) is 4.39 Å². The second-order valence-corrected chi connectivity index (χ2v) is 4.13. The first kappa shape index (κ1) is 13.4. The number of hydrogen-bond donors (Lipinski definition) is 0. The highest BCUT2D eigenvalue weighted by molar-refractivity contribution is 14.1. The van der Waals surface area contributed by atoms with Crippen LogP contribution in [-0.2, 0) is 6.18 Å². The first-order valence-electron chi connectivity index (χ1n) is 4.32. The van der Waals surface area contributed by atoms with Crippen molar-refractivity contribution in [2.24, 2.45) is 0 Å². The average Bonchev–Trinajstić information content (AvgIpc) is 2.16. The molecule has 16 heavy (non-hydrogen) atoms. The van der Waals surface area contributed by atoms with Crippen molar-refractivity contribution in [2.45, 2.75) is 12.6 Å². The third-order valence-electron chi connectivity index (χ3n) is 1.91. The summed E-state index contributed by atoms with van der Waals surface area (Å²) in [4.78, 5) is 11.4. The van der Waals surface area contributed by atoms with Crippen molar-refractivity contribution in [1.29, 1.82) is 0 Å². The number of halogens is 5. The molecule has 0 saturated heterocycles. The number of Topliss-reactive ketones (excluding diaryl/α,β-unsaturated/α-hetero) is 1. The topological polar surface area (TPSA) is 17.1 Å². The van der Waals surface area contributed by atoms with E-state index >= 15 is 0 Å². The van der Waals surface area contributed by atoms with E-state index in [9.17, 15) is 22.4 Å². The number of rotatable bonds is 3. The Balaban J connectivity index is 3.23. The summed E-state index contributed by atoms with van der Waals surface area (Å²) in [6.45, 7) is 0. The SMILES string of the molecule is O=C(CCI)c1ccc(F)cc1C(F)(F)F. The maximum atomic E-state index is 12.7. The molecule has 0 atom stereocenters. The number of hydrogen-bond acceptors (Lipinski definition) is 1. The van der Waals surface area contributed by atoms with Crippen molar-refractivity contribution in [2.75, 3.05) is 4.43 Å². The van der Waals surface area contributed by atoms with E-state index in [1.807, 2.05) is 22.6 Å². The molecule has 0 aromatic heterocycles. The van der Waals surface area contributed by atoms with E-state index in [2.05, 4.69) is 0 Å². The summed E-state index contributed by atoms with van der Waals surface area (Å²) in [5.74, 6) is -1.62. The van der Waals surface area contributed by atoms with Gasteiger partial charge in [0.05, 0.1) is 5.56 Å². The fourth-order valence-electron chi connectivity index (χ4n) is 1.21. The molecular weight excluding hydrogens is 339 g/mol. The Morgan fingerprint density at radius 2 is 1.94 bits per heavy atom. The predicted octanol–water partition coefficient (Wildman–Crippen LogP) is 3.85. The summed E-state index contributed by atoms with van der Waals surface area (Å²) >= 11 is 1.89. The molecule has 1 rings (SSSR count). The molecule has 0 aliphatic carbocycles. The van der Waals surface area contributed by atoms with Gasteiger partial charge >= 0.3 is 6.18 Å². The van der Waals surface area contributed by atoms with E-state index in [1.165, 1.54) is 0 Å². The van der Waals surface area contributed by atoms with Crippen molar-refractivity contribution in [3.8, 4) is 0 Å². The Bertz CT molecular complexity index is 400. The fraction of sp³-hybridized carbons (Fsp3) is 0.300. The Hall–Kier alpha value is -0.660. The van der Waals surface area contributed by atoms with Crippen LogP contribution < -0.4 is 0 Å². The van der Waals surface area contributed by atoms with Crippen LogP contribution in [0.1, 0.15) is 22.3 Å². The summed E-state index contributed by atoms with van der Waals surface area (Å²) in [6.07, 6.45) is -4.70. The summed E-state index contributed by atoms with van der Waals surface area (Å²) < 4.78 is 50.7. The number of benzene rings is 1. The van der Waals surface area contributed by atoms with Crippen LogP contribution in [0.2, 0.25) is 0 Å². The van der Waals surface area contributed by atoms with Gasteiger partial charge in [-0.3, -0.25) is 4.79 Å². The Morgan fingerprint density at radius 3 is 2.44 bits per heavy atom. The van der Waals surface area contributed by atoms with Crippen molar-refractivity contribution in [1.82, 2.24) is 0 Å². The zero-order chi connectivity index (χ0) is 12.3. The number of carbonyl (C=O) groups is 1. The average molecular weight is 346 g/mol. The van der Waals surface area contributed by atoms with Gasteiger partial charge in [-0.05, 0) is 18.2 Å².